The number of hydrogen-bond acceptors (Lipinski definition) is 4. The van der Waals surface area contributed by atoms with Gasteiger partial charge in [-0.05, 0) is 64.2 Å². The van der Waals surface area contributed by atoms with Crippen molar-refractivity contribution in [2.45, 2.75) is 76.9 Å². The number of benzene rings is 1. The highest BCUT2D eigenvalue weighted by Crippen LogP contribution is 2.34. The molecule has 2 unspecified atom stereocenters. The number of hydrogen-bond donors (Lipinski definition) is 3. The Hall–Kier alpha value is -3.08. The average Bonchev–Trinajstić information content (AvgIpc) is 3.19. The fourth-order valence-corrected chi connectivity index (χ4v) is 4.12. The Morgan fingerprint density at radius 1 is 1.11 bits per heavy atom. The molecule has 192 valence electrons. The minimum Gasteiger partial charge on any atom is -0.450 e. The van der Waals surface area contributed by atoms with Gasteiger partial charge in [-0.15, -0.1) is 0 Å². The molecule has 1 aliphatic carbocycles. The van der Waals surface area contributed by atoms with Crippen molar-refractivity contribution in [2.24, 2.45) is 4.99 Å². The molecule has 1 aliphatic heterocycles. The first-order valence-electron chi connectivity index (χ1n) is 11.7. The van der Waals surface area contributed by atoms with Gasteiger partial charge in [-0.1, -0.05) is 18.2 Å². The molecule has 1 aromatic rings. The van der Waals surface area contributed by atoms with Gasteiger partial charge in [-0.2, -0.15) is 18.2 Å². The minimum absolute atomic E-state index is 0.0340. The monoisotopic (exact) mass is 496 g/mol. The second kappa shape index (κ2) is 11.6. The number of aryl methyl sites for hydroxylation is 1. The van der Waals surface area contributed by atoms with Crippen molar-refractivity contribution < 1.29 is 32.2 Å². The number of rotatable bonds is 5. The molecule has 0 bridgehead atoms. The van der Waals surface area contributed by atoms with Crippen LogP contribution in [0.2, 0.25) is 0 Å². The number of carbonyl (C=O) groups is 2. The zero-order valence-corrected chi connectivity index (χ0v) is 19.9. The third-order valence-corrected chi connectivity index (χ3v) is 5.87. The maximum absolute atomic E-state index is 13.4. The number of nitrogens with zero attached hydrogens (tertiary/aromatic N) is 1. The lowest BCUT2D eigenvalue weighted by Gasteiger charge is -2.30. The molecule has 1 heterocycles. The Kier molecular flexibility index (Phi) is 8.76. The number of guanidine groups is 1. The molecule has 0 spiro atoms. The molecule has 0 aromatic heterocycles. The van der Waals surface area contributed by atoms with E-state index in [0.717, 1.165) is 11.6 Å². The van der Waals surface area contributed by atoms with E-state index in [-0.39, 0.29) is 24.7 Å². The third kappa shape index (κ3) is 7.45. The standard InChI is InChI=1S/C24H31F3N4O4/c1-4-34-23(33)29-17-11-9-16(10-12-17)28-22(30-19-8-6-5-7-14(19)2)31-21(32)18-13-15(3)35-20(18)24(25,26)27/h5-8,13,15-17,20H,4,9-12H2,1-3H3,(H,29,33)(H2,28,30,31,32). The molecule has 1 fully saturated rings. The van der Waals surface area contributed by atoms with E-state index in [1.54, 1.807) is 19.1 Å². The highest BCUT2D eigenvalue weighted by atomic mass is 19.4. The topological polar surface area (TPSA) is 101 Å². The summed E-state index contributed by atoms with van der Waals surface area (Å²) in [5.74, 6) is -0.953. The number of para-hydroxylation sites is 1. The minimum atomic E-state index is -4.72. The predicted octanol–water partition coefficient (Wildman–Crippen LogP) is 4.21. The SMILES string of the molecule is CCOC(=O)NC1CCC(N/C(=N\C(=O)C2=CC(C)OC2C(F)(F)F)Nc2ccccc2C)CC1. The van der Waals surface area contributed by atoms with E-state index < -0.39 is 36.0 Å². The summed E-state index contributed by atoms with van der Waals surface area (Å²) in [6.07, 6.45) is -4.51. The number of anilines is 1. The Morgan fingerprint density at radius 2 is 1.74 bits per heavy atom. The molecular formula is C24H31F3N4O4. The fourth-order valence-electron chi connectivity index (χ4n) is 4.12. The van der Waals surface area contributed by atoms with Crippen molar-refractivity contribution in [1.29, 1.82) is 0 Å². The van der Waals surface area contributed by atoms with Crippen molar-refractivity contribution in [2.75, 3.05) is 11.9 Å². The molecule has 2 aliphatic rings. The van der Waals surface area contributed by atoms with E-state index in [2.05, 4.69) is 20.9 Å². The number of alkyl carbamates (subject to hydrolysis) is 1. The quantitative estimate of drug-likeness (QED) is 0.417. The first kappa shape index (κ1) is 26.5. The van der Waals surface area contributed by atoms with Crippen molar-refractivity contribution >= 4 is 23.6 Å². The van der Waals surface area contributed by atoms with Crippen LogP contribution in [0.4, 0.5) is 23.7 Å². The largest absolute Gasteiger partial charge is 0.450 e. The van der Waals surface area contributed by atoms with Gasteiger partial charge in [0.2, 0.25) is 5.96 Å². The maximum Gasteiger partial charge on any atom is 0.419 e. The van der Waals surface area contributed by atoms with Gasteiger partial charge in [-0.3, -0.25) is 4.79 Å². The van der Waals surface area contributed by atoms with Crippen LogP contribution in [0.3, 0.4) is 0 Å². The lowest BCUT2D eigenvalue weighted by atomic mass is 9.91. The highest BCUT2D eigenvalue weighted by Gasteiger charge is 2.49. The lowest BCUT2D eigenvalue weighted by molar-refractivity contribution is -0.207. The van der Waals surface area contributed by atoms with Crippen LogP contribution in [0.5, 0.6) is 0 Å². The molecule has 0 saturated heterocycles. The molecular weight excluding hydrogens is 465 g/mol. The molecule has 2 atom stereocenters. The molecule has 3 N–H and O–H groups in total. The van der Waals surface area contributed by atoms with Crippen molar-refractivity contribution in [3.05, 3.63) is 41.5 Å². The predicted molar refractivity (Wildman–Crippen MR) is 125 cm³/mol. The van der Waals surface area contributed by atoms with Gasteiger partial charge in [0.15, 0.2) is 6.10 Å². The molecule has 8 nitrogen and oxygen atoms in total. The second-order valence-corrected chi connectivity index (χ2v) is 8.65. The number of amides is 2. The smallest absolute Gasteiger partial charge is 0.419 e. The van der Waals surface area contributed by atoms with E-state index >= 15 is 0 Å². The van der Waals surface area contributed by atoms with Gasteiger partial charge in [0.1, 0.15) is 0 Å². The van der Waals surface area contributed by atoms with E-state index in [9.17, 15) is 22.8 Å². The summed E-state index contributed by atoms with van der Waals surface area (Å²) in [7, 11) is 0. The number of nitrogens with one attached hydrogen (secondary N) is 3. The van der Waals surface area contributed by atoms with E-state index in [4.69, 9.17) is 9.47 Å². The van der Waals surface area contributed by atoms with Crippen molar-refractivity contribution in [3.8, 4) is 0 Å². The van der Waals surface area contributed by atoms with Gasteiger partial charge in [0.05, 0.1) is 18.3 Å². The number of aliphatic imine (C=N–C) groups is 1. The first-order chi connectivity index (χ1) is 16.6. The van der Waals surface area contributed by atoms with E-state index in [1.165, 1.54) is 6.92 Å². The Labute approximate surface area is 202 Å². The van der Waals surface area contributed by atoms with Gasteiger partial charge in [0.25, 0.3) is 5.91 Å². The number of halogens is 3. The summed E-state index contributed by atoms with van der Waals surface area (Å²) < 4.78 is 50.0. The third-order valence-electron chi connectivity index (χ3n) is 5.87. The van der Waals surface area contributed by atoms with Gasteiger partial charge >= 0.3 is 12.3 Å². The van der Waals surface area contributed by atoms with E-state index in [0.29, 0.717) is 31.4 Å². The molecule has 35 heavy (non-hydrogen) atoms. The summed E-state index contributed by atoms with van der Waals surface area (Å²) in [6, 6.07) is 7.18. The average molecular weight is 497 g/mol. The molecule has 11 heteroatoms. The zero-order valence-electron chi connectivity index (χ0n) is 19.9. The molecule has 3 rings (SSSR count). The normalized spacial score (nSPS) is 25.0. The van der Waals surface area contributed by atoms with E-state index in [1.807, 2.05) is 19.1 Å². The van der Waals surface area contributed by atoms with Gasteiger partial charge < -0.3 is 25.4 Å². The van der Waals surface area contributed by atoms with Crippen LogP contribution in [-0.2, 0) is 14.3 Å². The van der Waals surface area contributed by atoms with Crippen molar-refractivity contribution in [3.63, 3.8) is 0 Å². The summed E-state index contributed by atoms with van der Waals surface area (Å²) in [6.45, 7) is 5.32. The molecule has 0 radical (unpaired) electrons. The number of ether oxygens (including phenoxy) is 2. The molecule has 1 saturated carbocycles. The Balaban J connectivity index is 1.74. The Morgan fingerprint density at radius 3 is 2.34 bits per heavy atom. The van der Waals surface area contributed by atoms with Crippen LogP contribution in [0.15, 0.2) is 40.9 Å². The summed E-state index contributed by atoms with van der Waals surface area (Å²) in [4.78, 5) is 28.5. The molecule has 2 amide bonds. The Bertz CT molecular complexity index is 972. The first-order valence-corrected chi connectivity index (χ1v) is 11.7. The van der Waals surface area contributed by atoms with Crippen LogP contribution < -0.4 is 16.0 Å². The van der Waals surface area contributed by atoms with Crippen LogP contribution in [0.1, 0.15) is 45.1 Å². The van der Waals surface area contributed by atoms with Crippen LogP contribution >= 0.6 is 0 Å². The fraction of sp³-hybridized carbons (Fsp3) is 0.542. The van der Waals surface area contributed by atoms with Gasteiger partial charge in [-0.25, -0.2) is 4.79 Å². The highest BCUT2D eigenvalue weighted by molar-refractivity contribution is 6.07. The van der Waals surface area contributed by atoms with Gasteiger partial charge in [0, 0.05) is 17.8 Å². The summed E-state index contributed by atoms with van der Waals surface area (Å²) in [5, 5.41) is 9.04. The van der Waals surface area contributed by atoms with Crippen LogP contribution in [-0.4, -0.2) is 55.0 Å². The number of carbonyl (C=O) groups excluding carboxylic acids is 2. The number of alkyl halides is 3. The molecule has 1 aromatic carbocycles. The van der Waals surface area contributed by atoms with Crippen LogP contribution in [0, 0.1) is 6.92 Å². The summed E-state index contributed by atoms with van der Waals surface area (Å²) >= 11 is 0. The van der Waals surface area contributed by atoms with Crippen molar-refractivity contribution in [1.82, 2.24) is 10.6 Å². The second-order valence-electron chi connectivity index (χ2n) is 8.65. The summed E-state index contributed by atoms with van der Waals surface area (Å²) in [5.41, 5.74) is 1.02. The lowest BCUT2D eigenvalue weighted by Crippen LogP contribution is -2.46. The van der Waals surface area contributed by atoms with Crippen LogP contribution in [0.25, 0.3) is 0 Å². The zero-order chi connectivity index (χ0) is 25.6. The maximum atomic E-state index is 13.4.